The summed E-state index contributed by atoms with van der Waals surface area (Å²) in [7, 11) is 1.27. The van der Waals surface area contributed by atoms with Crippen LogP contribution >= 0.6 is 0 Å². The second kappa shape index (κ2) is 17.7. The Morgan fingerprint density at radius 2 is 1.60 bits per heavy atom. The maximum atomic E-state index is 13.0. The molecule has 0 saturated carbocycles. The number of hydrogen-bond donors (Lipinski definition) is 0. The van der Waals surface area contributed by atoms with Crippen LogP contribution in [-0.4, -0.2) is 67.5 Å². The van der Waals surface area contributed by atoms with Crippen molar-refractivity contribution in [3.63, 3.8) is 0 Å². The summed E-state index contributed by atoms with van der Waals surface area (Å²) in [6.07, 6.45) is 0.119. The Bertz CT molecular complexity index is 1240. The topological polar surface area (TPSA) is 118 Å². The van der Waals surface area contributed by atoms with Crippen molar-refractivity contribution in [1.82, 2.24) is 4.90 Å². The fourth-order valence-corrected chi connectivity index (χ4v) is 5.50. The zero-order valence-electron chi connectivity index (χ0n) is 27.1. The summed E-state index contributed by atoms with van der Waals surface area (Å²) in [4.78, 5) is 51.8. The van der Waals surface area contributed by atoms with Crippen LogP contribution in [0, 0.1) is 17.8 Å². The van der Waals surface area contributed by atoms with Crippen LogP contribution in [0.5, 0.6) is 0 Å². The molecule has 1 amide bonds. The van der Waals surface area contributed by atoms with Crippen molar-refractivity contribution in [3.05, 3.63) is 71.8 Å². The summed E-state index contributed by atoms with van der Waals surface area (Å²) in [6.45, 7) is 8.25. The number of ether oxygens (including phenoxy) is 5. The molecule has 0 aliphatic carbocycles. The van der Waals surface area contributed by atoms with E-state index >= 15 is 0 Å². The first-order valence-corrected chi connectivity index (χ1v) is 15.6. The molecule has 0 radical (unpaired) electrons. The highest BCUT2D eigenvalue weighted by molar-refractivity contribution is 5.79. The Labute approximate surface area is 266 Å². The molecule has 5 atom stereocenters. The first-order valence-electron chi connectivity index (χ1n) is 15.6. The predicted molar refractivity (Wildman–Crippen MR) is 167 cm³/mol. The molecule has 0 aromatic heterocycles. The summed E-state index contributed by atoms with van der Waals surface area (Å²) in [5.74, 6) is -2.87. The van der Waals surface area contributed by atoms with E-state index in [9.17, 15) is 19.2 Å². The van der Waals surface area contributed by atoms with Gasteiger partial charge in [-0.05, 0) is 29.4 Å². The normalized spacial score (nSPS) is 21.8. The van der Waals surface area contributed by atoms with Crippen molar-refractivity contribution in [2.75, 3.05) is 26.9 Å². The molecule has 1 heterocycles. The molecule has 3 rings (SSSR count). The molecule has 10 nitrogen and oxygen atoms in total. The molecule has 0 bridgehead atoms. The fourth-order valence-electron chi connectivity index (χ4n) is 5.50. The van der Waals surface area contributed by atoms with Gasteiger partial charge >= 0.3 is 18.0 Å². The number of esters is 2. The number of benzene rings is 2. The molecule has 0 spiro atoms. The van der Waals surface area contributed by atoms with E-state index in [1.165, 1.54) is 14.0 Å². The van der Waals surface area contributed by atoms with Crippen LogP contribution in [0.25, 0.3) is 0 Å². The molecule has 246 valence electrons. The van der Waals surface area contributed by atoms with E-state index in [4.69, 9.17) is 23.7 Å². The Balaban J connectivity index is 1.55. The number of ketones is 1. The van der Waals surface area contributed by atoms with Crippen LogP contribution in [0.4, 0.5) is 4.79 Å². The van der Waals surface area contributed by atoms with E-state index in [0.29, 0.717) is 19.5 Å². The molecule has 1 unspecified atom stereocenters. The second-order valence-corrected chi connectivity index (χ2v) is 11.8. The zero-order chi connectivity index (χ0) is 32.8. The van der Waals surface area contributed by atoms with Gasteiger partial charge in [-0.2, -0.15) is 0 Å². The number of carbonyl (C=O) groups is 4. The number of carbonyl (C=O) groups excluding carboxylic acids is 4. The van der Waals surface area contributed by atoms with E-state index in [2.05, 4.69) is 0 Å². The summed E-state index contributed by atoms with van der Waals surface area (Å²) >= 11 is 0. The molecule has 10 heteroatoms. The van der Waals surface area contributed by atoms with Crippen molar-refractivity contribution < 1.29 is 42.9 Å². The van der Waals surface area contributed by atoms with Crippen LogP contribution in [0.15, 0.2) is 60.7 Å². The lowest BCUT2D eigenvalue weighted by Gasteiger charge is -2.46. The van der Waals surface area contributed by atoms with E-state index in [1.807, 2.05) is 81.4 Å². The van der Waals surface area contributed by atoms with Gasteiger partial charge in [-0.3, -0.25) is 9.59 Å². The third kappa shape index (κ3) is 11.0. The minimum atomic E-state index is -1.66. The van der Waals surface area contributed by atoms with Gasteiger partial charge in [0.1, 0.15) is 12.4 Å². The van der Waals surface area contributed by atoms with Gasteiger partial charge in [0.15, 0.2) is 0 Å². The van der Waals surface area contributed by atoms with Crippen molar-refractivity contribution in [3.8, 4) is 0 Å². The number of hydrogen-bond acceptors (Lipinski definition) is 9. The fraction of sp³-hybridized carbons (Fsp3) is 0.543. The monoisotopic (exact) mass is 625 g/mol. The van der Waals surface area contributed by atoms with Crippen molar-refractivity contribution in [1.29, 1.82) is 0 Å². The molecule has 2 aromatic rings. The SMILES string of the molecule is COC(=O)[C@@]1(OCCC(=O)CCCN(Cc2ccccc2)C(=O)OCc2ccccc2)C[C@@H](C)[C@@H](C)C([C@H](C)COC(C)=O)O1. The van der Waals surface area contributed by atoms with E-state index in [1.54, 1.807) is 4.90 Å². The minimum absolute atomic E-state index is 0.0348. The van der Waals surface area contributed by atoms with Crippen molar-refractivity contribution in [2.24, 2.45) is 17.8 Å². The van der Waals surface area contributed by atoms with E-state index in [-0.39, 0.29) is 68.6 Å². The maximum absolute atomic E-state index is 13.0. The quantitative estimate of drug-likeness (QED) is 0.171. The highest BCUT2D eigenvalue weighted by atomic mass is 16.7. The Morgan fingerprint density at radius 1 is 0.956 bits per heavy atom. The summed E-state index contributed by atoms with van der Waals surface area (Å²) in [6, 6.07) is 19.1. The highest BCUT2D eigenvalue weighted by Crippen LogP contribution is 2.41. The van der Waals surface area contributed by atoms with Crippen molar-refractivity contribution >= 4 is 23.8 Å². The summed E-state index contributed by atoms with van der Waals surface area (Å²) in [5.41, 5.74) is 1.85. The number of rotatable bonds is 16. The third-order valence-electron chi connectivity index (χ3n) is 8.22. The lowest BCUT2D eigenvalue weighted by atomic mass is 9.78. The molecule has 1 fully saturated rings. The van der Waals surface area contributed by atoms with Gasteiger partial charge in [-0.15, -0.1) is 0 Å². The van der Waals surface area contributed by atoms with Gasteiger partial charge < -0.3 is 28.6 Å². The Kier molecular flexibility index (Phi) is 14.0. The largest absolute Gasteiger partial charge is 0.465 e. The van der Waals surface area contributed by atoms with Crippen LogP contribution in [-0.2, 0) is 51.2 Å². The third-order valence-corrected chi connectivity index (χ3v) is 8.22. The maximum Gasteiger partial charge on any atom is 0.410 e. The summed E-state index contributed by atoms with van der Waals surface area (Å²) in [5, 5.41) is 0. The highest BCUT2D eigenvalue weighted by Gasteiger charge is 2.52. The van der Waals surface area contributed by atoms with Gasteiger partial charge in [-0.25, -0.2) is 9.59 Å². The number of methoxy groups -OCH3 is 1. The number of Topliss-reactive ketones (excluding diaryl/α,β-unsaturated/α-hetero) is 1. The van der Waals surface area contributed by atoms with Gasteiger partial charge in [0.2, 0.25) is 0 Å². The standard InChI is InChI=1S/C35H47NO9/c1-25-21-35(33(39)41-5,45-32(27(25)3)26(2)23-42-28(4)37)44-20-18-31(38)17-12-19-36(22-29-13-8-6-9-14-29)34(40)43-24-30-15-10-7-11-16-30/h6-11,13-16,25-27,32H,12,17-24H2,1-5H3/t25-,26-,27-,32?,35-/m1/s1. The van der Waals surface area contributed by atoms with Gasteiger partial charge in [0.05, 0.1) is 26.4 Å². The van der Waals surface area contributed by atoms with Crippen molar-refractivity contribution in [2.45, 2.75) is 78.4 Å². The van der Waals surface area contributed by atoms with Crippen LogP contribution in [0.1, 0.15) is 64.5 Å². The average Bonchev–Trinajstić information content (AvgIpc) is 3.04. The molecule has 1 aliphatic heterocycles. The van der Waals surface area contributed by atoms with Crippen LogP contribution < -0.4 is 0 Å². The van der Waals surface area contributed by atoms with Crippen LogP contribution in [0.2, 0.25) is 0 Å². The number of nitrogens with zero attached hydrogens (tertiary/aromatic N) is 1. The Hall–Kier alpha value is -3.76. The molecular weight excluding hydrogens is 578 g/mol. The summed E-state index contributed by atoms with van der Waals surface area (Å²) < 4.78 is 28.1. The molecule has 1 saturated heterocycles. The van der Waals surface area contributed by atoms with Gasteiger partial charge in [-0.1, -0.05) is 81.4 Å². The Morgan fingerprint density at radius 3 is 2.22 bits per heavy atom. The average molecular weight is 626 g/mol. The predicted octanol–water partition coefficient (Wildman–Crippen LogP) is 5.71. The number of amides is 1. The first-order chi connectivity index (χ1) is 21.5. The molecule has 1 aliphatic rings. The molecular formula is C35H47NO9. The first kappa shape index (κ1) is 35.7. The van der Waals surface area contributed by atoms with E-state index in [0.717, 1.165) is 11.1 Å². The van der Waals surface area contributed by atoms with E-state index < -0.39 is 24.0 Å². The lowest BCUT2D eigenvalue weighted by Crippen LogP contribution is -2.57. The molecule has 0 N–H and O–H groups in total. The van der Waals surface area contributed by atoms with Gasteiger partial charge in [0.25, 0.3) is 5.79 Å². The second-order valence-electron chi connectivity index (χ2n) is 11.8. The minimum Gasteiger partial charge on any atom is -0.465 e. The zero-order valence-corrected chi connectivity index (χ0v) is 27.1. The lowest BCUT2D eigenvalue weighted by molar-refractivity contribution is -0.303. The molecule has 45 heavy (non-hydrogen) atoms. The van der Waals surface area contributed by atoms with Crippen LogP contribution in [0.3, 0.4) is 0 Å². The van der Waals surface area contributed by atoms with Gasteiger partial charge in [0, 0.05) is 45.2 Å². The smallest absolute Gasteiger partial charge is 0.410 e. The molecule has 2 aromatic carbocycles.